The van der Waals surface area contributed by atoms with Gasteiger partial charge in [-0.25, -0.2) is 9.37 Å². The van der Waals surface area contributed by atoms with Crippen molar-refractivity contribution in [3.8, 4) is 0 Å². The summed E-state index contributed by atoms with van der Waals surface area (Å²) in [6.45, 7) is 0. The van der Waals surface area contributed by atoms with Crippen LogP contribution in [0, 0.1) is 5.82 Å². The fraction of sp³-hybridized carbons (Fsp3) is 0. The van der Waals surface area contributed by atoms with Gasteiger partial charge in [-0.2, -0.15) is 0 Å². The molecule has 0 aliphatic heterocycles. The van der Waals surface area contributed by atoms with Gasteiger partial charge in [0.1, 0.15) is 10.7 Å². The van der Waals surface area contributed by atoms with E-state index in [2.05, 4.69) is 4.98 Å². The number of nitrogens with zero attached hydrogens (tertiary/aromatic N) is 1. The van der Waals surface area contributed by atoms with Gasteiger partial charge in [0.05, 0.1) is 0 Å². The predicted molar refractivity (Wildman–Crippen MR) is 63.0 cm³/mol. The number of halogens is 2. The molecule has 0 aliphatic carbocycles. The standard InChI is InChI=1S/C10H5ClFNOS2/c11-9-8(5-14)16-10(13-9)15-7-3-1-6(12)2-4-7/h1-5H. The third-order valence-corrected chi connectivity index (χ3v) is 4.17. The molecular formula is C10H5ClFNOS2. The van der Waals surface area contributed by atoms with Crippen LogP contribution in [0.2, 0.25) is 5.15 Å². The van der Waals surface area contributed by atoms with E-state index in [0.29, 0.717) is 15.5 Å². The quantitative estimate of drug-likeness (QED) is 0.795. The van der Waals surface area contributed by atoms with Gasteiger partial charge in [0.2, 0.25) is 0 Å². The maximum absolute atomic E-state index is 12.7. The van der Waals surface area contributed by atoms with Crippen LogP contribution in [-0.4, -0.2) is 11.3 Å². The Kier molecular flexibility index (Phi) is 3.58. The summed E-state index contributed by atoms with van der Waals surface area (Å²) in [5, 5.41) is 0.213. The molecule has 0 spiro atoms. The SMILES string of the molecule is O=Cc1sc(Sc2ccc(F)cc2)nc1Cl. The summed E-state index contributed by atoms with van der Waals surface area (Å²) in [6, 6.07) is 6.04. The largest absolute Gasteiger partial charge is 0.297 e. The number of rotatable bonds is 3. The molecule has 2 nitrogen and oxygen atoms in total. The Labute approximate surface area is 104 Å². The van der Waals surface area contributed by atoms with Gasteiger partial charge in [-0.05, 0) is 24.3 Å². The first-order valence-corrected chi connectivity index (χ1v) is 6.25. The van der Waals surface area contributed by atoms with E-state index in [1.54, 1.807) is 12.1 Å². The number of carbonyl (C=O) groups is 1. The van der Waals surface area contributed by atoms with Crippen LogP contribution in [0.1, 0.15) is 9.67 Å². The van der Waals surface area contributed by atoms with Crippen molar-refractivity contribution >= 4 is 41.0 Å². The van der Waals surface area contributed by atoms with E-state index >= 15 is 0 Å². The minimum absolute atomic E-state index is 0.213. The maximum atomic E-state index is 12.7. The molecule has 0 bridgehead atoms. The molecule has 2 aromatic rings. The number of aldehydes is 1. The van der Waals surface area contributed by atoms with Crippen molar-refractivity contribution in [3.63, 3.8) is 0 Å². The first-order valence-electron chi connectivity index (χ1n) is 4.24. The topological polar surface area (TPSA) is 30.0 Å². The van der Waals surface area contributed by atoms with E-state index < -0.39 is 0 Å². The number of hydrogen-bond donors (Lipinski definition) is 0. The molecule has 0 saturated carbocycles. The molecule has 0 aliphatic rings. The zero-order valence-electron chi connectivity index (χ0n) is 7.81. The molecule has 0 N–H and O–H groups in total. The second-order valence-corrected chi connectivity index (χ2v) is 5.52. The summed E-state index contributed by atoms with van der Waals surface area (Å²) in [5.74, 6) is -0.282. The highest BCUT2D eigenvalue weighted by Crippen LogP contribution is 2.33. The summed E-state index contributed by atoms with van der Waals surface area (Å²) in [6.07, 6.45) is 0.675. The average Bonchev–Trinajstić information content (AvgIpc) is 2.62. The normalized spacial score (nSPS) is 10.4. The van der Waals surface area contributed by atoms with Crippen molar-refractivity contribution in [1.82, 2.24) is 4.98 Å². The van der Waals surface area contributed by atoms with Gasteiger partial charge in [0, 0.05) is 4.90 Å². The minimum Gasteiger partial charge on any atom is -0.297 e. The molecule has 1 heterocycles. The van der Waals surface area contributed by atoms with Crippen molar-refractivity contribution in [2.24, 2.45) is 0 Å². The second-order valence-electron chi connectivity index (χ2n) is 2.81. The Hall–Kier alpha value is -0.910. The Bertz CT molecular complexity index is 512. The summed E-state index contributed by atoms with van der Waals surface area (Å²) in [7, 11) is 0. The Morgan fingerprint density at radius 3 is 2.62 bits per heavy atom. The van der Waals surface area contributed by atoms with Crippen LogP contribution in [-0.2, 0) is 0 Å². The fourth-order valence-electron chi connectivity index (χ4n) is 1.01. The zero-order valence-corrected chi connectivity index (χ0v) is 10.2. The van der Waals surface area contributed by atoms with E-state index in [4.69, 9.17) is 11.6 Å². The monoisotopic (exact) mass is 273 g/mol. The number of benzene rings is 1. The number of aromatic nitrogens is 1. The highest BCUT2D eigenvalue weighted by molar-refractivity contribution is 8.01. The third kappa shape index (κ3) is 2.61. The molecule has 2 rings (SSSR count). The van der Waals surface area contributed by atoms with Gasteiger partial charge in [0.25, 0.3) is 0 Å². The molecule has 0 fully saturated rings. The van der Waals surface area contributed by atoms with Crippen LogP contribution >= 0.6 is 34.7 Å². The molecule has 0 saturated heterocycles. The molecule has 0 unspecified atom stereocenters. The zero-order chi connectivity index (χ0) is 11.5. The lowest BCUT2D eigenvalue weighted by atomic mass is 10.4. The molecule has 82 valence electrons. The second kappa shape index (κ2) is 4.95. The van der Waals surface area contributed by atoms with Gasteiger partial charge in [-0.1, -0.05) is 23.4 Å². The van der Waals surface area contributed by atoms with Gasteiger partial charge < -0.3 is 0 Å². The Morgan fingerprint density at radius 1 is 1.38 bits per heavy atom. The van der Waals surface area contributed by atoms with E-state index in [1.165, 1.54) is 35.2 Å². The predicted octanol–water partition coefficient (Wildman–Crippen LogP) is 3.90. The molecule has 1 aromatic heterocycles. The lowest BCUT2D eigenvalue weighted by Crippen LogP contribution is -1.74. The average molecular weight is 274 g/mol. The minimum atomic E-state index is -0.282. The van der Waals surface area contributed by atoms with Gasteiger partial charge in [-0.3, -0.25) is 4.79 Å². The summed E-state index contributed by atoms with van der Waals surface area (Å²) >= 11 is 8.29. The Balaban J connectivity index is 2.20. The first-order chi connectivity index (χ1) is 7.69. The van der Waals surface area contributed by atoms with Gasteiger partial charge in [0.15, 0.2) is 15.8 Å². The van der Waals surface area contributed by atoms with E-state index in [1.807, 2.05) is 0 Å². The summed E-state index contributed by atoms with van der Waals surface area (Å²) < 4.78 is 13.3. The molecule has 16 heavy (non-hydrogen) atoms. The van der Waals surface area contributed by atoms with Crippen molar-refractivity contribution < 1.29 is 9.18 Å². The van der Waals surface area contributed by atoms with Crippen LogP contribution in [0.3, 0.4) is 0 Å². The number of thiazole rings is 1. The maximum Gasteiger partial charge on any atom is 0.163 e. The highest BCUT2D eigenvalue weighted by atomic mass is 35.5. The summed E-state index contributed by atoms with van der Waals surface area (Å²) in [4.78, 5) is 15.8. The molecule has 0 radical (unpaired) electrons. The van der Waals surface area contributed by atoms with Crippen LogP contribution in [0.25, 0.3) is 0 Å². The van der Waals surface area contributed by atoms with E-state index in [-0.39, 0.29) is 11.0 Å². The molecule has 1 aromatic carbocycles. The number of hydrogen-bond acceptors (Lipinski definition) is 4. The van der Waals surface area contributed by atoms with Crippen LogP contribution in [0.15, 0.2) is 33.5 Å². The molecule has 6 heteroatoms. The fourth-order valence-corrected chi connectivity index (χ4v) is 3.20. The van der Waals surface area contributed by atoms with Gasteiger partial charge in [-0.15, -0.1) is 11.3 Å². The van der Waals surface area contributed by atoms with Crippen LogP contribution < -0.4 is 0 Å². The first kappa shape index (κ1) is 11.6. The molecule has 0 atom stereocenters. The highest BCUT2D eigenvalue weighted by Gasteiger charge is 2.09. The Morgan fingerprint density at radius 2 is 2.06 bits per heavy atom. The van der Waals surface area contributed by atoms with E-state index in [9.17, 15) is 9.18 Å². The third-order valence-electron chi connectivity index (χ3n) is 1.72. The van der Waals surface area contributed by atoms with Crippen LogP contribution in [0.4, 0.5) is 4.39 Å². The van der Waals surface area contributed by atoms with Crippen LogP contribution in [0.5, 0.6) is 0 Å². The lowest BCUT2D eigenvalue weighted by molar-refractivity contribution is 0.112. The van der Waals surface area contributed by atoms with Crippen molar-refractivity contribution in [3.05, 3.63) is 40.1 Å². The van der Waals surface area contributed by atoms with E-state index in [0.717, 1.165) is 4.90 Å². The van der Waals surface area contributed by atoms with Crippen molar-refractivity contribution in [1.29, 1.82) is 0 Å². The van der Waals surface area contributed by atoms with Crippen molar-refractivity contribution in [2.75, 3.05) is 0 Å². The molecular weight excluding hydrogens is 269 g/mol. The number of carbonyl (C=O) groups excluding carboxylic acids is 1. The lowest BCUT2D eigenvalue weighted by Gasteiger charge is -1.95. The smallest absolute Gasteiger partial charge is 0.163 e. The molecule has 0 amide bonds. The van der Waals surface area contributed by atoms with Crippen molar-refractivity contribution in [2.45, 2.75) is 9.24 Å². The van der Waals surface area contributed by atoms with Gasteiger partial charge >= 0.3 is 0 Å². The summed E-state index contributed by atoms with van der Waals surface area (Å²) in [5.41, 5.74) is 0.